The molecule has 0 N–H and O–H groups in total. The van der Waals surface area contributed by atoms with E-state index >= 15 is 0 Å². The van der Waals surface area contributed by atoms with E-state index in [4.69, 9.17) is 0 Å². The average molecular weight is 277 g/mol. The molecule has 0 atom stereocenters. The van der Waals surface area contributed by atoms with Gasteiger partial charge in [0.25, 0.3) is 0 Å². The van der Waals surface area contributed by atoms with Crippen LogP contribution in [0.2, 0.25) is 0 Å². The Balaban J connectivity index is 1.65. The van der Waals surface area contributed by atoms with E-state index in [1.54, 1.807) is 18.7 Å². The number of imidazole rings is 1. The van der Waals surface area contributed by atoms with Crippen LogP contribution in [0.3, 0.4) is 0 Å². The Morgan fingerprint density at radius 3 is 2.76 bits per heavy atom. The fourth-order valence-electron chi connectivity index (χ4n) is 2.70. The number of hydrogen-bond donors (Lipinski definition) is 0. The summed E-state index contributed by atoms with van der Waals surface area (Å²) < 4.78 is 1.89. The minimum Gasteiger partial charge on any atom is -0.336 e. The third-order valence-corrected chi connectivity index (χ3v) is 3.81. The molecule has 0 fully saturated rings. The predicted octanol–water partition coefficient (Wildman–Crippen LogP) is 2.22. The molecule has 1 aliphatic heterocycles. The topological polar surface area (TPSA) is 46.8 Å². The van der Waals surface area contributed by atoms with Gasteiger partial charge in [0.15, 0.2) is 0 Å². The Hall–Kier alpha value is -2.69. The van der Waals surface area contributed by atoms with Gasteiger partial charge in [-0.25, -0.2) is 9.97 Å². The standard InChI is InChI=1S/C16H15N5/c1-2-4-14-11-20(9-6-13(14)3-1)16-18-7-5-15(19-16)21-10-8-17-12-21/h1-5,7-8,10,12H,6,9,11H2. The van der Waals surface area contributed by atoms with Gasteiger partial charge in [0.1, 0.15) is 12.1 Å². The van der Waals surface area contributed by atoms with Crippen LogP contribution in [0.1, 0.15) is 11.1 Å². The first-order valence-corrected chi connectivity index (χ1v) is 7.03. The SMILES string of the molecule is c1ccc2c(c1)CCN(c1nccc(-n3ccnc3)n1)C2. The molecular weight excluding hydrogens is 262 g/mol. The van der Waals surface area contributed by atoms with Crippen molar-refractivity contribution in [1.82, 2.24) is 19.5 Å². The number of aromatic nitrogens is 4. The number of anilines is 1. The van der Waals surface area contributed by atoms with Crippen LogP contribution in [0.4, 0.5) is 5.95 Å². The Bertz CT molecular complexity index is 751. The number of rotatable bonds is 2. The Morgan fingerprint density at radius 1 is 1.00 bits per heavy atom. The van der Waals surface area contributed by atoms with Crippen molar-refractivity contribution in [2.24, 2.45) is 0 Å². The van der Waals surface area contributed by atoms with Crippen molar-refractivity contribution in [3.8, 4) is 5.82 Å². The summed E-state index contributed by atoms with van der Waals surface area (Å²) in [4.78, 5) is 15.4. The van der Waals surface area contributed by atoms with Gasteiger partial charge in [-0.05, 0) is 23.6 Å². The lowest BCUT2D eigenvalue weighted by atomic mass is 10.0. The molecule has 0 saturated heterocycles. The van der Waals surface area contributed by atoms with E-state index in [2.05, 4.69) is 44.1 Å². The van der Waals surface area contributed by atoms with Crippen LogP contribution in [0, 0.1) is 0 Å². The van der Waals surface area contributed by atoms with Gasteiger partial charge in [0, 0.05) is 31.7 Å². The van der Waals surface area contributed by atoms with E-state index in [0.717, 1.165) is 31.3 Å². The average Bonchev–Trinajstić information content (AvgIpc) is 3.09. The van der Waals surface area contributed by atoms with Crippen molar-refractivity contribution in [1.29, 1.82) is 0 Å². The maximum Gasteiger partial charge on any atom is 0.227 e. The monoisotopic (exact) mass is 277 g/mol. The van der Waals surface area contributed by atoms with E-state index in [0.29, 0.717) is 0 Å². The van der Waals surface area contributed by atoms with E-state index < -0.39 is 0 Å². The van der Waals surface area contributed by atoms with E-state index in [-0.39, 0.29) is 0 Å². The van der Waals surface area contributed by atoms with Crippen molar-refractivity contribution in [2.45, 2.75) is 13.0 Å². The quantitative estimate of drug-likeness (QED) is 0.720. The van der Waals surface area contributed by atoms with Gasteiger partial charge in [0.05, 0.1) is 0 Å². The highest BCUT2D eigenvalue weighted by atomic mass is 15.3. The molecule has 0 aliphatic carbocycles. The molecule has 0 bridgehead atoms. The van der Waals surface area contributed by atoms with Crippen LogP contribution in [-0.2, 0) is 13.0 Å². The third kappa shape index (κ3) is 2.27. The lowest BCUT2D eigenvalue weighted by Gasteiger charge is -2.28. The number of hydrogen-bond acceptors (Lipinski definition) is 4. The number of benzene rings is 1. The van der Waals surface area contributed by atoms with E-state index in [1.165, 1.54) is 11.1 Å². The molecule has 1 aromatic carbocycles. The Morgan fingerprint density at radius 2 is 1.90 bits per heavy atom. The second kappa shape index (κ2) is 5.01. The van der Waals surface area contributed by atoms with Crippen LogP contribution in [0.15, 0.2) is 55.2 Å². The largest absolute Gasteiger partial charge is 0.336 e. The van der Waals surface area contributed by atoms with Gasteiger partial charge < -0.3 is 4.90 Å². The van der Waals surface area contributed by atoms with Gasteiger partial charge in [-0.3, -0.25) is 4.57 Å². The minimum atomic E-state index is 0.774. The van der Waals surface area contributed by atoms with Gasteiger partial charge in [0.2, 0.25) is 5.95 Å². The molecule has 3 heterocycles. The fraction of sp³-hybridized carbons (Fsp3) is 0.188. The van der Waals surface area contributed by atoms with Gasteiger partial charge in [-0.2, -0.15) is 4.98 Å². The first kappa shape index (κ1) is 12.1. The van der Waals surface area contributed by atoms with Crippen LogP contribution >= 0.6 is 0 Å². The van der Waals surface area contributed by atoms with Gasteiger partial charge in [-0.1, -0.05) is 24.3 Å². The zero-order valence-electron chi connectivity index (χ0n) is 11.6. The Kier molecular flexibility index (Phi) is 2.88. The molecule has 5 nitrogen and oxygen atoms in total. The van der Waals surface area contributed by atoms with Gasteiger partial charge in [-0.15, -0.1) is 0 Å². The van der Waals surface area contributed by atoms with Crippen LogP contribution in [-0.4, -0.2) is 26.1 Å². The lowest BCUT2D eigenvalue weighted by Crippen LogP contribution is -2.31. The van der Waals surface area contributed by atoms with Crippen molar-refractivity contribution >= 4 is 5.95 Å². The van der Waals surface area contributed by atoms with Crippen molar-refractivity contribution in [3.05, 3.63) is 66.4 Å². The molecule has 3 aromatic rings. The van der Waals surface area contributed by atoms with Crippen LogP contribution in [0.5, 0.6) is 0 Å². The number of nitrogens with zero attached hydrogens (tertiary/aromatic N) is 5. The zero-order chi connectivity index (χ0) is 14.1. The second-order valence-electron chi connectivity index (χ2n) is 5.13. The van der Waals surface area contributed by atoms with Crippen molar-refractivity contribution in [2.75, 3.05) is 11.4 Å². The van der Waals surface area contributed by atoms with E-state index in [9.17, 15) is 0 Å². The molecule has 0 radical (unpaired) electrons. The summed E-state index contributed by atoms with van der Waals surface area (Å²) in [6.45, 7) is 1.81. The lowest BCUT2D eigenvalue weighted by molar-refractivity contribution is 0.705. The minimum absolute atomic E-state index is 0.774. The summed E-state index contributed by atoms with van der Waals surface area (Å²) >= 11 is 0. The van der Waals surface area contributed by atoms with Gasteiger partial charge >= 0.3 is 0 Å². The molecule has 2 aromatic heterocycles. The maximum absolute atomic E-state index is 4.65. The zero-order valence-corrected chi connectivity index (χ0v) is 11.6. The van der Waals surface area contributed by atoms with Crippen LogP contribution < -0.4 is 4.90 Å². The molecule has 5 heteroatoms. The second-order valence-corrected chi connectivity index (χ2v) is 5.13. The molecule has 0 spiro atoms. The third-order valence-electron chi connectivity index (χ3n) is 3.81. The predicted molar refractivity (Wildman–Crippen MR) is 80.4 cm³/mol. The van der Waals surface area contributed by atoms with Crippen LogP contribution in [0.25, 0.3) is 5.82 Å². The summed E-state index contributed by atoms with van der Waals surface area (Å²) in [5.41, 5.74) is 2.79. The molecule has 0 saturated carbocycles. The summed E-state index contributed by atoms with van der Waals surface area (Å²) in [7, 11) is 0. The van der Waals surface area contributed by atoms with E-state index in [1.807, 2.05) is 16.8 Å². The molecule has 104 valence electrons. The normalized spacial score (nSPS) is 14.0. The molecule has 0 amide bonds. The fourth-order valence-corrected chi connectivity index (χ4v) is 2.70. The highest BCUT2D eigenvalue weighted by Crippen LogP contribution is 2.22. The first-order valence-electron chi connectivity index (χ1n) is 7.03. The summed E-state index contributed by atoms with van der Waals surface area (Å²) in [6.07, 6.45) is 8.22. The molecule has 0 unspecified atom stereocenters. The first-order chi connectivity index (χ1) is 10.4. The molecular formula is C16H15N5. The highest BCUT2D eigenvalue weighted by Gasteiger charge is 2.18. The Labute approximate surface area is 122 Å². The summed E-state index contributed by atoms with van der Waals surface area (Å²) in [6, 6.07) is 10.5. The summed E-state index contributed by atoms with van der Waals surface area (Å²) in [5, 5.41) is 0. The summed E-state index contributed by atoms with van der Waals surface area (Å²) in [5.74, 6) is 1.62. The van der Waals surface area contributed by atoms with Crippen molar-refractivity contribution < 1.29 is 0 Å². The maximum atomic E-state index is 4.65. The highest BCUT2D eigenvalue weighted by molar-refractivity contribution is 5.41. The molecule has 21 heavy (non-hydrogen) atoms. The van der Waals surface area contributed by atoms with Crippen molar-refractivity contribution in [3.63, 3.8) is 0 Å². The smallest absolute Gasteiger partial charge is 0.227 e. The molecule has 4 rings (SSSR count). The number of fused-ring (bicyclic) bond motifs is 1. The molecule has 1 aliphatic rings.